The van der Waals surface area contributed by atoms with Crippen molar-refractivity contribution < 1.29 is 4.42 Å². The lowest BCUT2D eigenvalue weighted by Crippen LogP contribution is -2.19. The third-order valence-corrected chi connectivity index (χ3v) is 3.68. The van der Waals surface area contributed by atoms with Gasteiger partial charge in [-0.15, -0.1) is 24.8 Å². The molecule has 0 atom stereocenters. The molecule has 0 aliphatic rings. The maximum Gasteiger partial charge on any atom is 0.134 e. The van der Waals surface area contributed by atoms with Crippen LogP contribution < -0.4 is 10.6 Å². The highest BCUT2D eigenvalue weighted by atomic mass is 35.5. The number of hydrogen-bond donors (Lipinski definition) is 2. The first kappa shape index (κ1) is 21.3. The van der Waals surface area contributed by atoms with Crippen LogP contribution in [0.1, 0.15) is 17.7 Å². The van der Waals surface area contributed by atoms with Crippen LogP contribution in [0.15, 0.2) is 34.7 Å². The predicted octanol–water partition coefficient (Wildman–Crippen LogP) is 4.45. The number of furan rings is 1. The van der Waals surface area contributed by atoms with Gasteiger partial charge in [-0.3, -0.25) is 0 Å². The molecule has 2 N–H and O–H groups in total. The Bertz CT molecular complexity index is 558. The minimum Gasteiger partial charge on any atom is -0.460 e. The van der Waals surface area contributed by atoms with Gasteiger partial charge in [0.1, 0.15) is 11.5 Å². The van der Waals surface area contributed by atoms with Crippen molar-refractivity contribution in [3.05, 3.63) is 46.7 Å². The molecule has 0 bridgehead atoms. The smallest absolute Gasteiger partial charge is 0.134 e. The summed E-state index contributed by atoms with van der Waals surface area (Å²) in [7, 11) is 1.96. The molecule has 0 radical (unpaired) electrons. The van der Waals surface area contributed by atoms with Crippen molar-refractivity contribution in [3.63, 3.8) is 0 Å². The maximum absolute atomic E-state index is 6.14. The van der Waals surface area contributed by atoms with Crippen LogP contribution in [0.25, 0.3) is 11.3 Å². The van der Waals surface area contributed by atoms with E-state index in [0.29, 0.717) is 0 Å². The van der Waals surface area contributed by atoms with Gasteiger partial charge in [0.2, 0.25) is 0 Å². The summed E-state index contributed by atoms with van der Waals surface area (Å²) in [6.45, 7) is 4.77. The molecule has 124 valence electrons. The number of benzene rings is 1. The van der Waals surface area contributed by atoms with Crippen molar-refractivity contribution >= 4 is 36.4 Å². The first-order valence-electron chi connectivity index (χ1n) is 6.92. The Hall–Kier alpha value is -0.710. The van der Waals surface area contributed by atoms with Crippen molar-refractivity contribution in [2.75, 3.05) is 20.1 Å². The quantitative estimate of drug-likeness (QED) is 0.712. The molecule has 0 saturated carbocycles. The van der Waals surface area contributed by atoms with Crippen LogP contribution in [0.4, 0.5) is 0 Å². The van der Waals surface area contributed by atoms with Gasteiger partial charge >= 0.3 is 0 Å². The van der Waals surface area contributed by atoms with Crippen molar-refractivity contribution in [3.8, 4) is 11.3 Å². The summed E-state index contributed by atoms with van der Waals surface area (Å²) < 4.78 is 5.88. The second-order valence-corrected chi connectivity index (χ2v) is 5.22. The van der Waals surface area contributed by atoms with Gasteiger partial charge in [-0.05, 0) is 57.2 Å². The summed E-state index contributed by atoms with van der Waals surface area (Å²) in [4.78, 5) is 0. The minimum absolute atomic E-state index is 0. The summed E-state index contributed by atoms with van der Waals surface area (Å²) in [6.07, 6.45) is 1.11. The lowest BCUT2D eigenvalue weighted by Gasteiger charge is -2.05. The minimum atomic E-state index is 0. The maximum atomic E-state index is 6.14. The van der Waals surface area contributed by atoms with Crippen molar-refractivity contribution in [2.45, 2.75) is 19.9 Å². The molecule has 1 aromatic heterocycles. The van der Waals surface area contributed by atoms with Gasteiger partial charge in [-0.2, -0.15) is 0 Å². The number of hydrogen-bond acceptors (Lipinski definition) is 3. The van der Waals surface area contributed by atoms with Crippen molar-refractivity contribution in [2.24, 2.45) is 0 Å². The molecule has 2 aromatic rings. The Morgan fingerprint density at radius 2 is 1.86 bits per heavy atom. The van der Waals surface area contributed by atoms with Crippen LogP contribution in [0.3, 0.4) is 0 Å². The van der Waals surface area contributed by atoms with E-state index >= 15 is 0 Å². The van der Waals surface area contributed by atoms with Gasteiger partial charge in [0, 0.05) is 10.6 Å². The van der Waals surface area contributed by atoms with E-state index in [4.69, 9.17) is 16.0 Å². The SMILES string of the molecule is CNCCCNCc1ccc(-c2cccc(Cl)c2C)o1.Cl.Cl. The fourth-order valence-corrected chi connectivity index (χ4v) is 2.27. The molecule has 0 aliphatic heterocycles. The molecule has 0 unspecified atom stereocenters. The van der Waals surface area contributed by atoms with E-state index < -0.39 is 0 Å². The third-order valence-electron chi connectivity index (χ3n) is 3.27. The van der Waals surface area contributed by atoms with E-state index in [1.165, 1.54) is 0 Å². The second kappa shape index (κ2) is 10.9. The van der Waals surface area contributed by atoms with Crippen LogP contribution in [-0.2, 0) is 6.54 Å². The Morgan fingerprint density at radius 1 is 1.09 bits per heavy atom. The summed E-state index contributed by atoms with van der Waals surface area (Å²) in [5.41, 5.74) is 2.11. The lowest BCUT2D eigenvalue weighted by molar-refractivity contribution is 0.489. The molecule has 1 heterocycles. The highest BCUT2D eigenvalue weighted by Gasteiger charge is 2.09. The average molecular weight is 366 g/mol. The van der Waals surface area contributed by atoms with E-state index in [0.717, 1.165) is 53.7 Å². The second-order valence-electron chi connectivity index (χ2n) is 4.81. The average Bonchev–Trinajstić information content (AvgIpc) is 2.90. The molecule has 0 fully saturated rings. The highest BCUT2D eigenvalue weighted by molar-refractivity contribution is 6.31. The zero-order chi connectivity index (χ0) is 14.4. The normalized spacial score (nSPS) is 9.95. The Morgan fingerprint density at radius 3 is 2.59 bits per heavy atom. The first-order chi connectivity index (χ1) is 9.72. The van der Waals surface area contributed by atoms with Gasteiger partial charge in [0.25, 0.3) is 0 Å². The van der Waals surface area contributed by atoms with E-state index in [-0.39, 0.29) is 24.8 Å². The number of rotatable bonds is 7. The van der Waals surface area contributed by atoms with Crippen LogP contribution in [0.2, 0.25) is 5.02 Å². The molecule has 0 aliphatic carbocycles. The lowest BCUT2D eigenvalue weighted by atomic mass is 10.1. The van der Waals surface area contributed by atoms with Gasteiger partial charge in [-0.1, -0.05) is 23.7 Å². The van der Waals surface area contributed by atoms with Crippen LogP contribution in [-0.4, -0.2) is 20.1 Å². The molecule has 2 rings (SSSR count). The standard InChI is InChI=1S/C16H21ClN2O.2ClH/c1-12-14(5-3-6-15(12)17)16-8-7-13(20-16)11-19-10-4-9-18-2;;/h3,5-8,18-19H,4,9-11H2,1-2H3;2*1H. The number of nitrogens with one attached hydrogen (secondary N) is 2. The zero-order valence-corrected chi connectivity index (χ0v) is 15.2. The van der Waals surface area contributed by atoms with Gasteiger partial charge in [-0.25, -0.2) is 0 Å². The Kier molecular flexibility index (Phi) is 10.6. The molecule has 1 aromatic carbocycles. The van der Waals surface area contributed by atoms with Crippen LogP contribution in [0.5, 0.6) is 0 Å². The van der Waals surface area contributed by atoms with Gasteiger partial charge in [0.05, 0.1) is 6.54 Å². The number of halogens is 3. The molecular formula is C16H23Cl3N2O. The Balaban J connectivity index is 0.00000220. The fourth-order valence-electron chi connectivity index (χ4n) is 2.09. The molecule has 0 saturated heterocycles. The van der Waals surface area contributed by atoms with E-state index in [1.807, 2.05) is 44.3 Å². The van der Waals surface area contributed by atoms with E-state index in [9.17, 15) is 0 Å². The molecule has 0 spiro atoms. The van der Waals surface area contributed by atoms with Crippen LogP contribution in [0, 0.1) is 6.92 Å². The van der Waals surface area contributed by atoms with Crippen LogP contribution >= 0.6 is 36.4 Å². The summed E-state index contributed by atoms with van der Waals surface area (Å²) in [5, 5.41) is 7.26. The summed E-state index contributed by atoms with van der Waals surface area (Å²) >= 11 is 6.14. The molecule has 0 amide bonds. The predicted molar refractivity (Wildman–Crippen MR) is 98.6 cm³/mol. The van der Waals surface area contributed by atoms with Gasteiger partial charge < -0.3 is 15.1 Å². The largest absolute Gasteiger partial charge is 0.460 e. The Labute approximate surface area is 149 Å². The molecule has 22 heavy (non-hydrogen) atoms. The fraction of sp³-hybridized carbons (Fsp3) is 0.375. The monoisotopic (exact) mass is 364 g/mol. The van der Waals surface area contributed by atoms with Crippen molar-refractivity contribution in [1.29, 1.82) is 0 Å². The first-order valence-corrected chi connectivity index (χ1v) is 7.29. The molecule has 3 nitrogen and oxygen atoms in total. The van der Waals surface area contributed by atoms with E-state index in [2.05, 4.69) is 10.6 Å². The summed E-state index contributed by atoms with van der Waals surface area (Å²) in [6, 6.07) is 9.89. The van der Waals surface area contributed by atoms with Gasteiger partial charge in [0.15, 0.2) is 0 Å². The zero-order valence-electron chi connectivity index (χ0n) is 12.8. The summed E-state index contributed by atoms with van der Waals surface area (Å²) in [5.74, 6) is 1.82. The van der Waals surface area contributed by atoms with Crippen molar-refractivity contribution in [1.82, 2.24) is 10.6 Å². The third kappa shape index (κ3) is 5.82. The van der Waals surface area contributed by atoms with E-state index in [1.54, 1.807) is 0 Å². The highest BCUT2D eigenvalue weighted by Crippen LogP contribution is 2.29. The molecule has 6 heteroatoms. The molecular weight excluding hydrogens is 343 g/mol. The topological polar surface area (TPSA) is 37.2 Å².